The number of aromatic nitrogens is 2. The first kappa shape index (κ1) is 9.85. The van der Waals surface area contributed by atoms with Crippen LogP contribution in [-0.2, 0) is 5.54 Å². The van der Waals surface area contributed by atoms with Crippen LogP contribution >= 0.6 is 0 Å². The highest BCUT2D eigenvalue weighted by atomic mass is 14.9. The molecule has 3 heteroatoms. The predicted octanol–water partition coefficient (Wildman–Crippen LogP) is 2.60. The summed E-state index contributed by atoms with van der Waals surface area (Å²) in [7, 11) is 0. The first-order chi connectivity index (χ1) is 7.67. The van der Waals surface area contributed by atoms with Crippen LogP contribution < -0.4 is 5.73 Å². The molecule has 0 spiro atoms. The molecule has 1 aliphatic rings. The first-order valence-electron chi connectivity index (χ1n) is 5.93. The SMILES string of the molecule is Cc1nc2ccc(C3(N)CCCC3)cc2[nH]1. The van der Waals surface area contributed by atoms with Gasteiger partial charge in [-0.2, -0.15) is 0 Å². The third-order valence-corrected chi connectivity index (χ3v) is 3.67. The average Bonchev–Trinajstić information content (AvgIpc) is 2.82. The van der Waals surface area contributed by atoms with E-state index in [9.17, 15) is 0 Å². The van der Waals surface area contributed by atoms with Crippen molar-refractivity contribution in [3.05, 3.63) is 29.6 Å². The molecule has 84 valence electrons. The van der Waals surface area contributed by atoms with Crippen LogP contribution in [0.5, 0.6) is 0 Å². The molecule has 1 aliphatic carbocycles. The third kappa shape index (κ3) is 1.43. The van der Waals surface area contributed by atoms with E-state index in [0.29, 0.717) is 0 Å². The highest BCUT2D eigenvalue weighted by Gasteiger charge is 2.31. The van der Waals surface area contributed by atoms with Crippen LogP contribution in [0, 0.1) is 6.92 Å². The van der Waals surface area contributed by atoms with Gasteiger partial charge in [-0.15, -0.1) is 0 Å². The lowest BCUT2D eigenvalue weighted by atomic mass is 9.89. The van der Waals surface area contributed by atoms with Gasteiger partial charge < -0.3 is 10.7 Å². The molecule has 3 rings (SSSR count). The molecule has 0 bridgehead atoms. The van der Waals surface area contributed by atoms with Gasteiger partial charge in [0.1, 0.15) is 5.82 Å². The molecule has 2 aromatic rings. The number of nitrogens with two attached hydrogens (primary N) is 1. The minimum atomic E-state index is -0.104. The summed E-state index contributed by atoms with van der Waals surface area (Å²) >= 11 is 0. The molecule has 0 unspecified atom stereocenters. The van der Waals surface area contributed by atoms with Gasteiger partial charge in [-0.25, -0.2) is 4.98 Å². The molecule has 3 nitrogen and oxygen atoms in total. The quantitative estimate of drug-likeness (QED) is 0.768. The second-order valence-electron chi connectivity index (χ2n) is 4.92. The minimum Gasteiger partial charge on any atom is -0.342 e. The zero-order chi connectivity index (χ0) is 11.2. The average molecular weight is 215 g/mol. The standard InChI is InChI=1S/C13H17N3/c1-9-15-11-5-4-10(8-12(11)16-9)13(14)6-2-3-7-13/h4-5,8H,2-3,6-7,14H2,1H3,(H,15,16). The van der Waals surface area contributed by atoms with Gasteiger partial charge in [-0.3, -0.25) is 0 Å². The third-order valence-electron chi connectivity index (χ3n) is 3.67. The van der Waals surface area contributed by atoms with E-state index >= 15 is 0 Å². The molecule has 1 fully saturated rings. The summed E-state index contributed by atoms with van der Waals surface area (Å²) in [6, 6.07) is 6.37. The number of aryl methyl sites for hydroxylation is 1. The lowest BCUT2D eigenvalue weighted by Crippen LogP contribution is -2.32. The predicted molar refractivity (Wildman–Crippen MR) is 65.2 cm³/mol. The lowest BCUT2D eigenvalue weighted by Gasteiger charge is -2.23. The maximum absolute atomic E-state index is 6.44. The van der Waals surface area contributed by atoms with Crippen LogP contribution in [0.4, 0.5) is 0 Å². The van der Waals surface area contributed by atoms with Crippen LogP contribution in [0.25, 0.3) is 11.0 Å². The van der Waals surface area contributed by atoms with Crippen LogP contribution in [0.3, 0.4) is 0 Å². The Balaban J connectivity index is 2.10. The summed E-state index contributed by atoms with van der Waals surface area (Å²) in [5.74, 6) is 0.963. The second kappa shape index (κ2) is 3.32. The summed E-state index contributed by atoms with van der Waals surface area (Å²) < 4.78 is 0. The maximum atomic E-state index is 6.44. The van der Waals surface area contributed by atoms with Crippen LogP contribution in [-0.4, -0.2) is 9.97 Å². The van der Waals surface area contributed by atoms with Crippen molar-refractivity contribution in [3.63, 3.8) is 0 Å². The number of hydrogen-bond acceptors (Lipinski definition) is 2. The van der Waals surface area contributed by atoms with Crippen LogP contribution in [0.15, 0.2) is 18.2 Å². The van der Waals surface area contributed by atoms with Gasteiger partial charge in [-0.1, -0.05) is 18.9 Å². The van der Waals surface area contributed by atoms with E-state index in [1.807, 2.05) is 6.92 Å². The van der Waals surface area contributed by atoms with Crippen molar-refractivity contribution in [1.29, 1.82) is 0 Å². The van der Waals surface area contributed by atoms with Gasteiger partial charge in [0.15, 0.2) is 0 Å². The van der Waals surface area contributed by atoms with E-state index in [1.54, 1.807) is 0 Å². The van der Waals surface area contributed by atoms with Crippen molar-refractivity contribution >= 4 is 11.0 Å². The van der Waals surface area contributed by atoms with Crippen molar-refractivity contribution in [1.82, 2.24) is 9.97 Å². The van der Waals surface area contributed by atoms with Gasteiger partial charge in [0.05, 0.1) is 11.0 Å². The van der Waals surface area contributed by atoms with Crippen molar-refractivity contribution in [2.24, 2.45) is 5.73 Å². The summed E-state index contributed by atoms with van der Waals surface area (Å²) in [6.45, 7) is 1.98. The zero-order valence-corrected chi connectivity index (χ0v) is 9.59. The Bertz CT molecular complexity index is 521. The Labute approximate surface area is 95.1 Å². The van der Waals surface area contributed by atoms with Crippen molar-refractivity contribution in [2.45, 2.75) is 38.1 Å². The summed E-state index contributed by atoms with van der Waals surface area (Å²) in [4.78, 5) is 7.68. The summed E-state index contributed by atoms with van der Waals surface area (Å²) in [6.07, 6.45) is 4.70. The van der Waals surface area contributed by atoms with Crippen molar-refractivity contribution in [3.8, 4) is 0 Å². The molecule has 0 atom stereocenters. The normalized spacial score (nSPS) is 19.4. The van der Waals surface area contributed by atoms with Crippen molar-refractivity contribution < 1.29 is 0 Å². The van der Waals surface area contributed by atoms with Gasteiger partial charge >= 0.3 is 0 Å². The van der Waals surface area contributed by atoms with Gasteiger partial charge in [-0.05, 0) is 37.5 Å². The van der Waals surface area contributed by atoms with Gasteiger partial charge in [0.25, 0.3) is 0 Å². The summed E-state index contributed by atoms with van der Waals surface area (Å²) in [5, 5.41) is 0. The number of hydrogen-bond donors (Lipinski definition) is 2. The molecule has 16 heavy (non-hydrogen) atoms. The molecular weight excluding hydrogens is 198 g/mol. The highest BCUT2D eigenvalue weighted by Crippen LogP contribution is 2.36. The number of nitrogens with zero attached hydrogens (tertiary/aromatic N) is 1. The lowest BCUT2D eigenvalue weighted by molar-refractivity contribution is 0.462. The smallest absolute Gasteiger partial charge is 0.104 e. The van der Waals surface area contributed by atoms with Crippen molar-refractivity contribution in [2.75, 3.05) is 0 Å². The molecule has 1 aromatic heterocycles. The number of fused-ring (bicyclic) bond motifs is 1. The number of imidazole rings is 1. The Hall–Kier alpha value is -1.35. The fourth-order valence-corrected chi connectivity index (χ4v) is 2.74. The fraction of sp³-hybridized carbons (Fsp3) is 0.462. The molecule has 0 amide bonds. The second-order valence-corrected chi connectivity index (χ2v) is 4.92. The Morgan fingerprint density at radius 3 is 2.81 bits per heavy atom. The molecule has 1 saturated carbocycles. The molecular formula is C13H17N3. The van der Waals surface area contributed by atoms with E-state index in [1.165, 1.54) is 18.4 Å². The molecule has 0 saturated heterocycles. The topological polar surface area (TPSA) is 54.7 Å². The monoisotopic (exact) mass is 215 g/mol. The van der Waals surface area contributed by atoms with E-state index in [4.69, 9.17) is 5.73 Å². The Kier molecular flexibility index (Phi) is 2.04. The highest BCUT2D eigenvalue weighted by molar-refractivity contribution is 5.76. The molecule has 0 aliphatic heterocycles. The van der Waals surface area contributed by atoms with Gasteiger partial charge in [0, 0.05) is 5.54 Å². The van der Waals surface area contributed by atoms with E-state index in [-0.39, 0.29) is 5.54 Å². The maximum Gasteiger partial charge on any atom is 0.104 e. The molecule has 3 N–H and O–H groups in total. The number of benzene rings is 1. The molecule has 1 heterocycles. The van der Waals surface area contributed by atoms with Crippen LogP contribution in [0.2, 0.25) is 0 Å². The summed E-state index contributed by atoms with van der Waals surface area (Å²) in [5.41, 5.74) is 9.72. The van der Waals surface area contributed by atoms with E-state index < -0.39 is 0 Å². The van der Waals surface area contributed by atoms with Crippen LogP contribution in [0.1, 0.15) is 37.1 Å². The zero-order valence-electron chi connectivity index (χ0n) is 9.59. The number of nitrogens with one attached hydrogen (secondary N) is 1. The first-order valence-corrected chi connectivity index (χ1v) is 5.93. The van der Waals surface area contributed by atoms with Gasteiger partial charge in [0.2, 0.25) is 0 Å². The largest absolute Gasteiger partial charge is 0.342 e. The van der Waals surface area contributed by atoms with E-state index in [2.05, 4.69) is 28.2 Å². The Morgan fingerprint density at radius 2 is 2.06 bits per heavy atom. The molecule has 0 radical (unpaired) electrons. The minimum absolute atomic E-state index is 0.104. The number of rotatable bonds is 1. The molecule has 1 aromatic carbocycles. The number of H-pyrrole nitrogens is 1. The Morgan fingerprint density at radius 1 is 1.31 bits per heavy atom. The fourth-order valence-electron chi connectivity index (χ4n) is 2.74. The number of aromatic amines is 1. The van der Waals surface area contributed by atoms with E-state index in [0.717, 1.165) is 29.7 Å².